The molecule has 3 heterocycles. The van der Waals surface area contributed by atoms with E-state index in [1.165, 1.54) is 12.5 Å². The molecule has 36 heavy (non-hydrogen) atoms. The molecule has 1 aromatic carbocycles. The van der Waals surface area contributed by atoms with Crippen molar-refractivity contribution >= 4 is 5.82 Å². The Morgan fingerprint density at radius 2 is 1.83 bits per heavy atom. The molecule has 1 N–H and O–H groups in total. The van der Waals surface area contributed by atoms with E-state index in [0.29, 0.717) is 52.6 Å². The molecule has 1 aliphatic rings. The Kier molecular flexibility index (Phi) is 6.45. The number of halogens is 2. The summed E-state index contributed by atoms with van der Waals surface area (Å²) >= 11 is 0. The number of aromatic nitrogens is 6. The van der Waals surface area contributed by atoms with Crippen molar-refractivity contribution in [3.63, 3.8) is 0 Å². The average molecular weight is 494 g/mol. The second-order valence-electron chi connectivity index (χ2n) is 8.47. The van der Waals surface area contributed by atoms with Gasteiger partial charge < -0.3 is 14.8 Å². The highest BCUT2D eigenvalue weighted by Crippen LogP contribution is 2.45. The zero-order valence-corrected chi connectivity index (χ0v) is 20.1. The van der Waals surface area contributed by atoms with Gasteiger partial charge in [-0.1, -0.05) is 24.3 Å². The maximum Gasteiger partial charge on any atom is 0.320 e. The van der Waals surface area contributed by atoms with Gasteiger partial charge in [0.1, 0.15) is 17.7 Å². The molecule has 5 rings (SSSR count). The fourth-order valence-electron chi connectivity index (χ4n) is 4.02. The molecule has 186 valence electrons. The maximum absolute atomic E-state index is 13.3. The summed E-state index contributed by atoms with van der Waals surface area (Å²) in [7, 11) is 3.11. The van der Waals surface area contributed by atoms with Gasteiger partial charge in [-0.3, -0.25) is 4.57 Å². The van der Waals surface area contributed by atoms with Gasteiger partial charge >= 0.3 is 6.55 Å². The highest BCUT2D eigenvalue weighted by Gasteiger charge is 2.31. The zero-order valence-electron chi connectivity index (χ0n) is 20.1. The third-order valence-electron chi connectivity index (χ3n) is 5.93. The van der Waals surface area contributed by atoms with Crippen LogP contribution in [0.25, 0.3) is 22.8 Å². The number of benzene rings is 1. The van der Waals surface area contributed by atoms with Crippen LogP contribution in [-0.2, 0) is 6.54 Å². The van der Waals surface area contributed by atoms with E-state index in [1.807, 2.05) is 12.1 Å². The van der Waals surface area contributed by atoms with Gasteiger partial charge in [-0.05, 0) is 25.3 Å². The van der Waals surface area contributed by atoms with E-state index in [1.54, 1.807) is 39.5 Å². The smallest absolute Gasteiger partial charge is 0.320 e. The van der Waals surface area contributed by atoms with E-state index >= 15 is 0 Å². The van der Waals surface area contributed by atoms with E-state index in [0.717, 1.165) is 28.7 Å². The highest BCUT2D eigenvalue weighted by molar-refractivity contribution is 5.68. The summed E-state index contributed by atoms with van der Waals surface area (Å²) in [5.41, 5.74) is 3.63. The average Bonchev–Trinajstić information content (AvgIpc) is 3.67. The Labute approximate surface area is 206 Å². The predicted octanol–water partition coefficient (Wildman–Crippen LogP) is 5.01. The molecule has 3 aromatic heterocycles. The number of nitrogens with one attached hydrogen (secondary N) is 1. The van der Waals surface area contributed by atoms with Gasteiger partial charge in [0.25, 0.3) is 0 Å². The van der Waals surface area contributed by atoms with Crippen LogP contribution in [0.15, 0.2) is 43.0 Å². The molecule has 0 amide bonds. The van der Waals surface area contributed by atoms with Crippen LogP contribution < -0.4 is 14.8 Å². The van der Waals surface area contributed by atoms with Crippen molar-refractivity contribution in [2.24, 2.45) is 0 Å². The fraction of sp³-hybridized carbons (Fsp3) is 0.320. The standard InChI is InChI=1S/C25H25F2N7O2/c1-14-12-34(25(26)27)23(32-14)17-6-4-15(5-7-17)10-28-21-18(35-2)11-29-22(33-21)19-20(16-8-9-16)30-13-31-24(19)36-3/h4-7,11-13,16,25H,8-10H2,1-3H3,(H,28,29,33). The molecule has 11 heteroatoms. The second-order valence-corrected chi connectivity index (χ2v) is 8.47. The predicted molar refractivity (Wildman–Crippen MR) is 129 cm³/mol. The Morgan fingerprint density at radius 3 is 2.50 bits per heavy atom. The summed E-state index contributed by atoms with van der Waals surface area (Å²) in [5, 5.41) is 3.29. The molecule has 0 aliphatic heterocycles. The van der Waals surface area contributed by atoms with Crippen LogP contribution in [0.4, 0.5) is 14.6 Å². The third kappa shape index (κ3) is 4.68. The van der Waals surface area contributed by atoms with Crippen molar-refractivity contribution in [2.45, 2.75) is 38.8 Å². The second kappa shape index (κ2) is 9.84. The van der Waals surface area contributed by atoms with Crippen LogP contribution in [-0.4, -0.2) is 43.7 Å². The minimum Gasteiger partial charge on any atom is -0.491 e. The summed E-state index contributed by atoms with van der Waals surface area (Å²) in [4.78, 5) is 22.1. The van der Waals surface area contributed by atoms with Crippen LogP contribution in [0, 0.1) is 6.92 Å². The molecule has 1 fully saturated rings. The first-order chi connectivity index (χ1) is 17.5. The lowest BCUT2D eigenvalue weighted by Crippen LogP contribution is -2.07. The quantitative estimate of drug-likeness (QED) is 0.347. The first-order valence-electron chi connectivity index (χ1n) is 11.5. The Balaban J connectivity index is 1.39. The SMILES string of the molecule is COc1cnc(-c2c(OC)ncnc2C2CC2)nc1NCc1ccc(-c2nc(C)cn2C(F)F)cc1. The van der Waals surface area contributed by atoms with Gasteiger partial charge in [0.2, 0.25) is 5.88 Å². The number of rotatable bonds is 9. The fourth-order valence-corrected chi connectivity index (χ4v) is 4.02. The van der Waals surface area contributed by atoms with Crippen LogP contribution in [0.1, 0.15) is 42.3 Å². The number of nitrogens with zero attached hydrogens (tertiary/aromatic N) is 6. The van der Waals surface area contributed by atoms with E-state index < -0.39 is 6.55 Å². The zero-order chi connectivity index (χ0) is 25.2. The highest BCUT2D eigenvalue weighted by atomic mass is 19.3. The number of imidazole rings is 1. The van der Waals surface area contributed by atoms with Crippen molar-refractivity contribution in [1.82, 2.24) is 29.5 Å². The lowest BCUT2D eigenvalue weighted by molar-refractivity contribution is 0.0719. The van der Waals surface area contributed by atoms with Crippen molar-refractivity contribution in [3.05, 3.63) is 59.9 Å². The summed E-state index contributed by atoms with van der Waals surface area (Å²) in [6, 6.07) is 7.26. The van der Waals surface area contributed by atoms with Crippen LogP contribution in [0.3, 0.4) is 0 Å². The molecule has 0 radical (unpaired) electrons. The monoisotopic (exact) mass is 493 g/mol. The van der Waals surface area contributed by atoms with E-state index in [2.05, 4.69) is 25.3 Å². The van der Waals surface area contributed by atoms with Gasteiger partial charge in [0, 0.05) is 24.2 Å². The van der Waals surface area contributed by atoms with E-state index in [-0.39, 0.29) is 5.82 Å². The number of alkyl halides is 2. The molecule has 1 aliphatic carbocycles. The normalized spacial score (nSPS) is 13.2. The Morgan fingerprint density at radius 1 is 1.06 bits per heavy atom. The summed E-state index contributed by atoms with van der Waals surface area (Å²) in [6.45, 7) is -0.543. The molecule has 0 saturated heterocycles. The number of anilines is 1. The third-order valence-corrected chi connectivity index (χ3v) is 5.93. The van der Waals surface area contributed by atoms with Crippen LogP contribution in [0.2, 0.25) is 0 Å². The van der Waals surface area contributed by atoms with Crippen LogP contribution in [0.5, 0.6) is 11.6 Å². The number of aryl methyl sites for hydroxylation is 1. The van der Waals surface area contributed by atoms with Crippen molar-refractivity contribution < 1.29 is 18.3 Å². The molecular weight excluding hydrogens is 468 g/mol. The summed E-state index contributed by atoms with van der Waals surface area (Å²) in [6.07, 6.45) is 6.56. The van der Waals surface area contributed by atoms with Gasteiger partial charge in [-0.15, -0.1) is 0 Å². The molecule has 9 nitrogen and oxygen atoms in total. The molecule has 0 unspecified atom stereocenters. The number of hydrogen-bond acceptors (Lipinski definition) is 8. The number of hydrogen-bond donors (Lipinski definition) is 1. The minimum absolute atomic E-state index is 0.231. The first-order valence-corrected chi connectivity index (χ1v) is 11.5. The largest absolute Gasteiger partial charge is 0.491 e. The molecule has 1 saturated carbocycles. The van der Waals surface area contributed by atoms with Crippen molar-refractivity contribution in [3.8, 4) is 34.4 Å². The summed E-state index contributed by atoms with van der Waals surface area (Å²) in [5.74, 6) is 2.44. The molecule has 0 atom stereocenters. The van der Waals surface area contributed by atoms with E-state index in [9.17, 15) is 8.78 Å². The number of ether oxygens (including phenoxy) is 2. The van der Waals surface area contributed by atoms with E-state index in [4.69, 9.17) is 14.5 Å². The molecular formula is C25H25F2N7O2. The molecule has 4 aromatic rings. The Hall–Kier alpha value is -4.15. The van der Waals surface area contributed by atoms with Gasteiger partial charge in [0.05, 0.1) is 31.8 Å². The molecule has 0 spiro atoms. The van der Waals surface area contributed by atoms with Gasteiger partial charge in [-0.25, -0.2) is 24.9 Å². The lowest BCUT2D eigenvalue weighted by Gasteiger charge is -2.14. The summed E-state index contributed by atoms with van der Waals surface area (Å²) < 4.78 is 38.5. The van der Waals surface area contributed by atoms with Gasteiger partial charge in [0.15, 0.2) is 17.4 Å². The topological polar surface area (TPSA) is 99.9 Å². The lowest BCUT2D eigenvalue weighted by atomic mass is 10.1. The number of methoxy groups -OCH3 is 2. The van der Waals surface area contributed by atoms with Gasteiger partial charge in [-0.2, -0.15) is 8.78 Å². The van der Waals surface area contributed by atoms with Crippen molar-refractivity contribution in [1.29, 1.82) is 0 Å². The Bertz CT molecular complexity index is 1370. The minimum atomic E-state index is -2.66. The molecule has 0 bridgehead atoms. The first kappa shape index (κ1) is 23.6. The van der Waals surface area contributed by atoms with Crippen molar-refractivity contribution in [2.75, 3.05) is 19.5 Å². The maximum atomic E-state index is 13.3. The van der Waals surface area contributed by atoms with Crippen LogP contribution >= 0.6 is 0 Å².